The Kier molecular flexibility index (Phi) is 3.80. The van der Waals surface area contributed by atoms with Gasteiger partial charge in [0.05, 0.1) is 18.4 Å². The number of hydrogen-bond acceptors (Lipinski definition) is 4. The predicted molar refractivity (Wildman–Crippen MR) is 70.4 cm³/mol. The highest BCUT2D eigenvalue weighted by Gasteiger charge is 2.21. The first-order valence-corrected chi connectivity index (χ1v) is 6.46. The Balaban J connectivity index is 2.63. The lowest BCUT2D eigenvalue weighted by Crippen LogP contribution is -1.97. The molecule has 2 rings (SSSR count). The Morgan fingerprint density at radius 1 is 1.53 bits per heavy atom. The van der Waals surface area contributed by atoms with Crippen LogP contribution in [0.15, 0.2) is 18.2 Å². The van der Waals surface area contributed by atoms with Gasteiger partial charge in [0.15, 0.2) is 0 Å². The summed E-state index contributed by atoms with van der Waals surface area (Å²) in [5.74, 6) is -1.18. The number of carboxylic acid groups (broad SMARTS) is 1. The second kappa shape index (κ2) is 5.36. The lowest BCUT2D eigenvalue weighted by molar-refractivity contribution is 0.0701. The average molecular weight is 281 g/mol. The second-order valence-corrected chi connectivity index (χ2v) is 4.77. The van der Waals surface area contributed by atoms with Crippen molar-refractivity contribution >= 4 is 17.3 Å². The fraction of sp³-hybridized carbons (Fsp3) is 0.231. The molecule has 4 nitrogen and oxygen atoms in total. The molecule has 0 atom stereocenters. The minimum atomic E-state index is -1.05. The first-order chi connectivity index (χ1) is 9.08. The molecule has 2 aromatic rings. The van der Waals surface area contributed by atoms with Gasteiger partial charge in [-0.2, -0.15) is 0 Å². The Morgan fingerprint density at radius 3 is 2.79 bits per heavy atom. The lowest BCUT2D eigenvalue weighted by Gasteiger charge is -2.06. The van der Waals surface area contributed by atoms with Crippen LogP contribution in [0, 0.1) is 5.82 Å². The molecule has 0 saturated carbocycles. The Labute approximate surface area is 113 Å². The zero-order valence-corrected chi connectivity index (χ0v) is 11.3. The van der Waals surface area contributed by atoms with Crippen molar-refractivity contribution in [3.63, 3.8) is 0 Å². The van der Waals surface area contributed by atoms with E-state index in [1.165, 1.54) is 19.2 Å². The van der Waals surface area contributed by atoms with Crippen molar-refractivity contribution in [1.82, 2.24) is 4.98 Å². The summed E-state index contributed by atoms with van der Waals surface area (Å²) in [5, 5.41) is 9.42. The van der Waals surface area contributed by atoms with Gasteiger partial charge in [-0.1, -0.05) is 13.0 Å². The number of halogens is 1. The van der Waals surface area contributed by atoms with Gasteiger partial charge in [-0.15, -0.1) is 11.3 Å². The standard InChI is InChI=1S/C13H12FNO3S/c1-3-8-11(13(16)17)19-12(15-8)10-7(14)5-4-6-9(10)18-2/h4-6H,3H2,1-2H3,(H,16,17). The van der Waals surface area contributed by atoms with Gasteiger partial charge in [0.25, 0.3) is 0 Å². The minimum absolute atomic E-state index is 0.141. The molecule has 6 heteroatoms. The summed E-state index contributed by atoms with van der Waals surface area (Å²) in [6.07, 6.45) is 0.481. The first-order valence-electron chi connectivity index (χ1n) is 5.64. The lowest BCUT2D eigenvalue weighted by atomic mass is 10.2. The van der Waals surface area contributed by atoms with Crippen molar-refractivity contribution in [2.24, 2.45) is 0 Å². The largest absolute Gasteiger partial charge is 0.496 e. The zero-order chi connectivity index (χ0) is 14.0. The van der Waals surface area contributed by atoms with E-state index in [2.05, 4.69) is 4.98 Å². The molecule has 0 aliphatic heterocycles. The number of aromatic carboxylic acids is 1. The quantitative estimate of drug-likeness (QED) is 0.934. The highest BCUT2D eigenvalue weighted by Crippen LogP contribution is 2.36. The number of carbonyl (C=O) groups is 1. The van der Waals surface area contributed by atoms with Gasteiger partial charge in [-0.3, -0.25) is 0 Å². The fourth-order valence-electron chi connectivity index (χ4n) is 1.75. The van der Waals surface area contributed by atoms with Crippen LogP contribution < -0.4 is 4.74 Å². The number of rotatable bonds is 4. The molecule has 0 amide bonds. The van der Waals surface area contributed by atoms with Crippen LogP contribution in [0.2, 0.25) is 0 Å². The molecule has 100 valence electrons. The molecule has 1 aromatic carbocycles. The van der Waals surface area contributed by atoms with Crippen LogP contribution in [-0.4, -0.2) is 23.2 Å². The zero-order valence-electron chi connectivity index (χ0n) is 10.4. The van der Waals surface area contributed by atoms with E-state index in [0.717, 1.165) is 11.3 Å². The van der Waals surface area contributed by atoms with Crippen LogP contribution >= 0.6 is 11.3 Å². The van der Waals surface area contributed by atoms with E-state index < -0.39 is 11.8 Å². The van der Waals surface area contributed by atoms with E-state index in [9.17, 15) is 9.18 Å². The van der Waals surface area contributed by atoms with E-state index >= 15 is 0 Å². The van der Waals surface area contributed by atoms with Crippen LogP contribution in [0.3, 0.4) is 0 Å². The van der Waals surface area contributed by atoms with Crippen molar-refractivity contribution < 1.29 is 19.0 Å². The van der Waals surface area contributed by atoms with Gasteiger partial charge in [0, 0.05) is 0 Å². The molecule has 0 unspecified atom stereocenters. The van der Waals surface area contributed by atoms with Crippen molar-refractivity contribution in [3.8, 4) is 16.3 Å². The van der Waals surface area contributed by atoms with Gasteiger partial charge < -0.3 is 9.84 Å². The van der Waals surface area contributed by atoms with Crippen molar-refractivity contribution in [3.05, 3.63) is 34.6 Å². The fourth-order valence-corrected chi connectivity index (χ4v) is 2.79. The molecular weight excluding hydrogens is 269 g/mol. The minimum Gasteiger partial charge on any atom is -0.496 e. The predicted octanol–water partition coefficient (Wildman–Crippen LogP) is 3.22. The van der Waals surface area contributed by atoms with Crippen molar-refractivity contribution in [2.45, 2.75) is 13.3 Å². The third-order valence-electron chi connectivity index (χ3n) is 2.64. The molecule has 0 fully saturated rings. The first kappa shape index (κ1) is 13.5. The molecule has 0 bridgehead atoms. The third-order valence-corrected chi connectivity index (χ3v) is 3.74. The maximum Gasteiger partial charge on any atom is 0.347 e. The van der Waals surface area contributed by atoms with Crippen LogP contribution in [0.1, 0.15) is 22.3 Å². The maximum atomic E-state index is 13.9. The molecule has 1 heterocycles. The number of aryl methyl sites for hydroxylation is 1. The topological polar surface area (TPSA) is 59.4 Å². The molecule has 19 heavy (non-hydrogen) atoms. The highest BCUT2D eigenvalue weighted by molar-refractivity contribution is 7.17. The smallest absolute Gasteiger partial charge is 0.347 e. The Bertz CT molecular complexity index is 624. The van der Waals surface area contributed by atoms with Crippen molar-refractivity contribution in [2.75, 3.05) is 7.11 Å². The van der Waals surface area contributed by atoms with E-state index in [0.29, 0.717) is 22.9 Å². The van der Waals surface area contributed by atoms with E-state index in [-0.39, 0.29) is 10.4 Å². The van der Waals surface area contributed by atoms with Gasteiger partial charge in [-0.25, -0.2) is 14.2 Å². The summed E-state index contributed by atoms with van der Waals surface area (Å²) in [4.78, 5) is 15.5. The maximum absolute atomic E-state index is 13.9. The molecule has 0 saturated heterocycles. The third kappa shape index (κ3) is 2.44. The number of methoxy groups -OCH3 is 1. The summed E-state index contributed by atoms with van der Waals surface area (Å²) < 4.78 is 19.0. The second-order valence-electron chi connectivity index (χ2n) is 3.77. The Morgan fingerprint density at radius 2 is 2.26 bits per heavy atom. The van der Waals surface area contributed by atoms with Crippen LogP contribution in [-0.2, 0) is 6.42 Å². The summed E-state index contributed by atoms with van der Waals surface area (Å²) >= 11 is 0.958. The van der Waals surface area contributed by atoms with Gasteiger partial charge in [0.1, 0.15) is 21.5 Å². The van der Waals surface area contributed by atoms with E-state index in [4.69, 9.17) is 9.84 Å². The molecular formula is C13H12FNO3S. The summed E-state index contributed by atoms with van der Waals surface area (Å²) in [7, 11) is 1.44. The van der Waals surface area contributed by atoms with E-state index in [1.54, 1.807) is 6.07 Å². The van der Waals surface area contributed by atoms with Gasteiger partial charge in [0.2, 0.25) is 0 Å². The van der Waals surface area contributed by atoms with Gasteiger partial charge >= 0.3 is 5.97 Å². The van der Waals surface area contributed by atoms with Crippen LogP contribution in [0.5, 0.6) is 5.75 Å². The molecule has 1 N–H and O–H groups in total. The van der Waals surface area contributed by atoms with Gasteiger partial charge in [-0.05, 0) is 18.6 Å². The molecule has 1 aromatic heterocycles. The summed E-state index contributed by atoms with van der Waals surface area (Å²) in [5.41, 5.74) is 0.662. The number of nitrogens with zero attached hydrogens (tertiary/aromatic N) is 1. The average Bonchev–Trinajstić information content (AvgIpc) is 2.82. The van der Waals surface area contributed by atoms with Crippen molar-refractivity contribution in [1.29, 1.82) is 0 Å². The molecule has 0 radical (unpaired) electrons. The number of carboxylic acids is 1. The summed E-state index contributed by atoms with van der Waals surface area (Å²) in [6.45, 7) is 1.81. The molecule has 0 aliphatic rings. The number of thiazole rings is 1. The normalized spacial score (nSPS) is 10.5. The monoisotopic (exact) mass is 281 g/mol. The van der Waals surface area contributed by atoms with E-state index in [1.807, 2.05) is 6.92 Å². The molecule has 0 aliphatic carbocycles. The molecule has 0 spiro atoms. The van der Waals surface area contributed by atoms with Crippen LogP contribution in [0.25, 0.3) is 10.6 Å². The highest BCUT2D eigenvalue weighted by atomic mass is 32.1. The van der Waals surface area contributed by atoms with Crippen LogP contribution in [0.4, 0.5) is 4.39 Å². The SMILES string of the molecule is CCc1nc(-c2c(F)cccc2OC)sc1C(=O)O. The Hall–Kier alpha value is -1.95. The number of ether oxygens (including phenoxy) is 1. The number of hydrogen-bond donors (Lipinski definition) is 1. The summed E-state index contributed by atoms with van der Waals surface area (Å²) in [6, 6.07) is 4.45. The number of aromatic nitrogens is 1. The number of benzene rings is 1.